The molecule has 4 rings (SSSR count). The zero-order valence-corrected chi connectivity index (χ0v) is 20.0. The first-order valence-electron chi connectivity index (χ1n) is 11.1. The van der Waals surface area contributed by atoms with Crippen LogP contribution in [0.1, 0.15) is 55.0 Å². The van der Waals surface area contributed by atoms with E-state index in [1.807, 2.05) is 12.1 Å². The molecule has 0 fully saturated rings. The zero-order valence-electron chi connectivity index (χ0n) is 19.2. The maximum Gasteiger partial charge on any atom is 0.0859 e. The molecule has 4 aromatic carbocycles. The van der Waals surface area contributed by atoms with Crippen LogP contribution in [0.25, 0.3) is 0 Å². The molecule has 2 unspecified atom stereocenters. The Balaban J connectivity index is 1.92. The van der Waals surface area contributed by atoms with Gasteiger partial charge < -0.3 is 0 Å². The Bertz CT molecular complexity index is 1130. The Morgan fingerprint density at radius 3 is 1.19 bits per heavy atom. The van der Waals surface area contributed by atoms with E-state index in [0.717, 1.165) is 22.3 Å². The van der Waals surface area contributed by atoms with E-state index >= 15 is 0 Å². The van der Waals surface area contributed by atoms with Crippen molar-refractivity contribution in [2.75, 3.05) is 0 Å². The van der Waals surface area contributed by atoms with Crippen LogP contribution in [-0.2, 0) is 10.8 Å². The van der Waals surface area contributed by atoms with E-state index < -0.39 is 10.8 Å². The Hall–Kier alpha value is -2.97. The van der Waals surface area contributed by atoms with Gasteiger partial charge in [0.2, 0.25) is 0 Å². The van der Waals surface area contributed by atoms with Gasteiger partial charge in [0.05, 0.1) is 10.5 Å². The van der Waals surface area contributed by atoms with Crippen LogP contribution in [0.2, 0.25) is 0 Å². The molecule has 0 amide bonds. The van der Waals surface area contributed by atoms with Crippen molar-refractivity contribution in [3.05, 3.63) is 142 Å². The number of benzene rings is 4. The minimum Gasteiger partial charge on any atom is -0.258 e. The Morgan fingerprint density at radius 2 is 0.844 bits per heavy atom. The molecule has 0 spiro atoms. The van der Waals surface area contributed by atoms with Crippen molar-refractivity contribution in [3.8, 4) is 0 Å². The number of rotatable bonds is 6. The molecule has 0 radical (unpaired) electrons. The van der Waals surface area contributed by atoms with Crippen molar-refractivity contribution in [2.24, 2.45) is 0 Å². The van der Waals surface area contributed by atoms with Crippen LogP contribution >= 0.6 is 0 Å². The summed E-state index contributed by atoms with van der Waals surface area (Å²) in [6, 6.07) is 33.7. The fraction of sp³-hybridized carbons (Fsp3) is 0.200. The monoisotopic (exact) mass is 438 g/mol. The number of hydrogen-bond acceptors (Lipinski definition) is 1. The lowest BCUT2D eigenvalue weighted by atomic mass is 9.98. The van der Waals surface area contributed by atoms with Gasteiger partial charge in [-0.3, -0.25) is 4.21 Å². The van der Waals surface area contributed by atoms with Gasteiger partial charge in [0.15, 0.2) is 0 Å². The van der Waals surface area contributed by atoms with E-state index in [9.17, 15) is 4.21 Å². The highest BCUT2D eigenvalue weighted by Gasteiger charge is 2.32. The minimum absolute atomic E-state index is 0.220. The zero-order chi connectivity index (χ0) is 22.7. The molecule has 162 valence electrons. The van der Waals surface area contributed by atoms with Gasteiger partial charge in [0.1, 0.15) is 0 Å². The molecule has 0 N–H and O–H groups in total. The molecule has 4 aromatic rings. The molecule has 0 heterocycles. The van der Waals surface area contributed by atoms with E-state index in [0.29, 0.717) is 0 Å². The first-order chi connectivity index (χ1) is 15.5. The summed E-state index contributed by atoms with van der Waals surface area (Å²) in [5.41, 5.74) is 9.18. The largest absolute Gasteiger partial charge is 0.258 e. The van der Waals surface area contributed by atoms with Crippen LogP contribution in [0.4, 0.5) is 0 Å². The maximum atomic E-state index is 14.6. The van der Waals surface area contributed by atoms with Crippen LogP contribution in [0.3, 0.4) is 0 Å². The summed E-state index contributed by atoms with van der Waals surface area (Å²) in [6.07, 6.45) is 0. The Kier molecular flexibility index (Phi) is 6.72. The second kappa shape index (κ2) is 9.67. The predicted octanol–water partition coefficient (Wildman–Crippen LogP) is 7.55. The quantitative estimate of drug-likeness (QED) is 0.304. The molecule has 0 saturated carbocycles. The average molecular weight is 439 g/mol. The number of hydrogen-bond donors (Lipinski definition) is 0. The van der Waals surface area contributed by atoms with Crippen LogP contribution in [0.5, 0.6) is 0 Å². The molecular weight excluding hydrogens is 408 g/mol. The molecule has 0 bridgehead atoms. The molecule has 1 nitrogen and oxygen atoms in total. The summed E-state index contributed by atoms with van der Waals surface area (Å²) in [6.45, 7) is 8.41. The van der Waals surface area contributed by atoms with Crippen LogP contribution < -0.4 is 0 Å². The predicted molar refractivity (Wildman–Crippen MR) is 137 cm³/mol. The standard InChI is InChI=1S/C30H30OS/c1-21-13-17-25(18-14-21)29(27-11-7-5-9-23(27)3)32(31)30(26-19-15-22(2)16-20-26)28-12-8-6-10-24(28)4/h5-20,29-30H,1-4H3. The third kappa shape index (κ3) is 4.61. The molecule has 0 aliphatic carbocycles. The molecule has 0 aliphatic heterocycles. The molecule has 0 aromatic heterocycles. The molecule has 32 heavy (non-hydrogen) atoms. The topological polar surface area (TPSA) is 17.1 Å². The van der Waals surface area contributed by atoms with Gasteiger partial charge in [-0.05, 0) is 61.1 Å². The van der Waals surface area contributed by atoms with E-state index in [-0.39, 0.29) is 10.5 Å². The second-order valence-electron chi connectivity index (χ2n) is 8.62. The smallest absolute Gasteiger partial charge is 0.0859 e. The molecule has 2 heteroatoms. The van der Waals surface area contributed by atoms with Gasteiger partial charge in [-0.25, -0.2) is 0 Å². The molecular formula is C30H30OS. The normalized spacial score (nSPS) is 14.0. The first-order valence-corrected chi connectivity index (χ1v) is 12.4. The highest BCUT2D eigenvalue weighted by Crippen LogP contribution is 2.41. The van der Waals surface area contributed by atoms with Crippen LogP contribution in [0, 0.1) is 27.7 Å². The van der Waals surface area contributed by atoms with Crippen molar-refractivity contribution >= 4 is 10.8 Å². The second-order valence-corrected chi connectivity index (χ2v) is 10.2. The minimum atomic E-state index is -1.23. The van der Waals surface area contributed by atoms with Gasteiger partial charge in [-0.1, -0.05) is 108 Å². The summed E-state index contributed by atoms with van der Waals surface area (Å²) in [5, 5.41) is -0.439. The molecule has 2 atom stereocenters. The molecule has 0 saturated heterocycles. The summed E-state index contributed by atoms with van der Waals surface area (Å²) in [5.74, 6) is 0. The highest BCUT2D eigenvalue weighted by molar-refractivity contribution is 7.86. The van der Waals surface area contributed by atoms with Crippen LogP contribution in [0.15, 0.2) is 97.1 Å². The summed E-state index contributed by atoms with van der Waals surface area (Å²) < 4.78 is 14.6. The van der Waals surface area contributed by atoms with Crippen LogP contribution in [-0.4, -0.2) is 4.21 Å². The van der Waals surface area contributed by atoms with Crippen molar-refractivity contribution in [1.29, 1.82) is 0 Å². The molecule has 0 aliphatic rings. The maximum absolute atomic E-state index is 14.6. The van der Waals surface area contributed by atoms with Gasteiger partial charge in [-0.2, -0.15) is 0 Å². The van der Waals surface area contributed by atoms with E-state index in [4.69, 9.17) is 0 Å². The van der Waals surface area contributed by atoms with Gasteiger partial charge in [-0.15, -0.1) is 0 Å². The van der Waals surface area contributed by atoms with E-state index in [1.165, 1.54) is 22.3 Å². The van der Waals surface area contributed by atoms with Gasteiger partial charge in [0, 0.05) is 10.8 Å². The van der Waals surface area contributed by atoms with Crippen molar-refractivity contribution in [3.63, 3.8) is 0 Å². The van der Waals surface area contributed by atoms with Crippen molar-refractivity contribution in [2.45, 2.75) is 38.2 Å². The Labute approximate surface area is 194 Å². The van der Waals surface area contributed by atoms with Crippen molar-refractivity contribution in [1.82, 2.24) is 0 Å². The van der Waals surface area contributed by atoms with Gasteiger partial charge >= 0.3 is 0 Å². The average Bonchev–Trinajstić information content (AvgIpc) is 2.79. The number of aryl methyl sites for hydroxylation is 4. The fourth-order valence-corrected chi connectivity index (χ4v) is 6.41. The van der Waals surface area contributed by atoms with Gasteiger partial charge in [0.25, 0.3) is 0 Å². The lowest BCUT2D eigenvalue weighted by molar-refractivity contribution is 0.672. The summed E-state index contributed by atoms with van der Waals surface area (Å²) in [7, 11) is -1.23. The first kappa shape index (κ1) is 22.2. The lowest BCUT2D eigenvalue weighted by Gasteiger charge is -2.27. The summed E-state index contributed by atoms with van der Waals surface area (Å²) >= 11 is 0. The highest BCUT2D eigenvalue weighted by atomic mass is 32.2. The van der Waals surface area contributed by atoms with Crippen molar-refractivity contribution < 1.29 is 4.21 Å². The third-order valence-electron chi connectivity index (χ3n) is 6.17. The Morgan fingerprint density at radius 1 is 0.500 bits per heavy atom. The lowest BCUT2D eigenvalue weighted by Crippen LogP contribution is -2.18. The SMILES string of the molecule is Cc1ccc(C(c2ccccc2C)S(=O)C(c2ccc(C)cc2)c2ccccc2C)cc1. The summed E-state index contributed by atoms with van der Waals surface area (Å²) in [4.78, 5) is 0. The third-order valence-corrected chi connectivity index (χ3v) is 8.15. The van der Waals surface area contributed by atoms with E-state index in [1.54, 1.807) is 0 Å². The van der Waals surface area contributed by atoms with E-state index in [2.05, 4.69) is 113 Å². The fourth-order valence-electron chi connectivity index (χ4n) is 4.26.